The Hall–Kier alpha value is -3.80. The first kappa shape index (κ1) is 18.2. The zero-order chi connectivity index (χ0) is 20.8. The van der Waals surface area contributed by atoms with Crippen LogP contribution in [0.1, 0.15) is 33.4 Å². The van der Waals surface area contributed by atoms with Crippen LogP contribution in [0, 0.1) is 12.7 Å². The molecule has 3 aromatic carbocycles. The summed E-state index contributed by atoms with van der Waals surface area (Å²) in [5.74, 6) is -0.349. The maximum Gasteiger partial charge on any atom is 0.266 e. The summed E-state index contributed by atoms with van der Waals surface area (Å²) >= 11 is 0. The molecule has 0 saturated carbocycles. The highest BCUT2D eigenvalue weighted by molar-refractivity contribution is 5.99. The molecule has 1 aromatic heterocycles. The lowest BCUT2D eigenvalue weighted by Crippen LogP contribution is -2.31. The second-order valence-electron chi connectivity index (χ2n) is 7.51. The first-order valence-corrected chi connectivity index (χ1v) is 9.69. The molecule has 30 heavy (non-hydrogen) atoms. The molecule has 5 rings (SSSR count). The van der Waals surface area contributed by atoms with Gasteiger partial charge in [0.2, 0.25) is 0 Å². The molecule has 1 N–H and O–H groups in total. The van der Waals surface area contributed by atoms with Crippen LogP contribution in [0.3, 0.4) is 0 Å². The van der Waals surface area contributed by atoms with Crippen molar-refractivity contribution >= 4 is 16.8 Å². The van der Waals surface area contributed by atoms with E-state index in [1.165, 1.54) is 22.8 Å². The van der Waals surface area contributed by atoms with Gasteiger partial charge in [-0.1, -0.05) is 36.4 Å². The fraction of sp³-hybridized carbons (Fsp3) is 0.125. The average Bonchev–Trinajstić information content (AvgIpc) is 2.83. The van der Waals surface area contributed by atoms with E-state index in [1.54, 1.807) is 6.07 Å². The summed E-state index contributed by atoms with van der Waals surface area (Å²) in [6, 6.07) is 18.4. The highest BCUT2D eigenvalue weighted by atomic mass is 19.1. The minimum absolute atomic E-state index is 0.272. The number of rotatable bonds is 2. The molecule has 0 fully saturated rings. The third kappa shape index (κ3) is 2.97. The number of aryl methyl sites for hydroxylation is 1. The van der Waals surface area contributed by atoms with E-state index in [4.69, 9.17) is 0 Å². The second-order valence-corrected chi connectivity index (χ2v) is 7.51. The average molecular weight is 399 g/mol. The number of nitrogens with zero attached hydrogens (tertiary/aromatic N) is 2. The maximum absolute atomic E-state index is 13.9. The molecule has 1 aliphatic heterocycles. The van der Waals surface area contributed by atoms with Crippen molar-refractivity contribution in [3.8, 4) is 5.69 Å². The van der Waals surface area contributed by atoms with Gasteiger partial charge < -0.3 is 5.32 Å². The number of aromatic nitrogens is 2. The van der Waals surface area contributed by atoms with E-state index < -0.39 is 11.9 Å². The minimum atomic E-state index is -0.548. The summed E-state index contributed by atoms with van der Waals surface area (Å²) in [6.45, 7) is 1.90. The highest BCUT2D eigenvalue weighted by Gasteiger charge is 2.29. The fourth-order valence-corrected chi connectivity index (χ4v) is 3.95. The lowest BCUT2D eigenvalue weighted by molar-refractivity contribution is 0.0938. The zero-order valence-electron chi connectivity index (χ0n) is 16.2. The Morgan fingerprint density at radius 3 is 2.63 bits per heavy atom. The number of fused-ring (bicyclic) bond motifs is 4. The van der Waals surface area contributed by atoms with Gasteiger partial charge in [-0.2, -0.15) is 0 Å². The van der Waals surface area contributed by atoms with Crippen molar-refractivity contribution in [3.05, 3.63) is 105 Å². The van der Waals surface area contributed by atoms with Crippen LogP contribution in [0.25, 0.3) is 16.6 Å². The smallest absolute Gasteiger partial charge is 0.266 e. The summed E-state index contributed by atoms with van der Waals surface area (Å²) < 4.78 is 15.4. The molecule has 0 spiro atoms. The first-order valence-electron chi connectivity index (χ1n) is 9.69. The van der Waals surface area contributed by atoms with Crippen LogP contribution in [0.4, 0.5) is 4.39 Å². The SMILES string of the molecule is Cc1ccc2c(c1)-n1c(nc3cc(F)ccc3c1=O)C(Cc1ccccc1)NC2=O. The molecule has 0 radical (unpaired) electrons. The summed E-state index contributed by atoms with van der Waals surface area (Å²) in [5.41, 5.74) is 2.75. The van der Waals surface area contributed by atoms with Crippen molar-refractivity contribution in [3.63, 3.8) is 0 Å². The Labute approximate surface area is 171 Å². The van der Waals surface area contributed by atoms with Crippen LogP contribution >= 0.6 is 0 Å². The molecule has 1 aliphatic rings. The Morgan fingerprint density at radius 1 is 1.03 bits per heavy atom. The second kappa shape index (κ2) is 6.91. The molecule has 0 saturated heterocycles. The quantitative estimate of drug-likeness (QED) is 0.557. The third-order valence-electron chi connectivity index (χ3n) is 5.40. The third-order valence-corrected chi connectivity index (χ3v) is 5.40. The fourth-order valence-electron chi connectivity index (χ4n) is 3.95. The van der Waals surface area contributed by atoms with Gasteiger partial charge in [-0.05, 0) is 48.7 Å². The summed E-state index contributed by atoms with van der Waals surface area (Å²) in [7, 11) is 0. The van der Waals surface area contributed by atoms with Gasteiger partial charge in [-0.15, -0.1) is 0 Å². The van der Waals surface area contributed by atoms with Gasteiger partial charge in [0.25, 0.3) is 11.5 Å². The summed E-state index contributed by atoms with van der Waals surface area (Å²) in [4.78, 5) is 31.2. The zero-order valence-corrected chi connectivity index (χ0v) is 16.2. The van der Waals surface area contributed by atoms with Crippen LogP contribution in [0.2, 0.25) is 0 Å². The molecule has 1 amide bonds. The molecular weight excluding hydrogens is 381 g/mol. The monoisotopic (exact) mass is 399 g/mol. The molecule has 1 unspecified atom stereocenters. The van der Waals surface area contributed by atoms with E-state index in [1.807, 2.05) is 49.4 Å². The van der Waals surface area contributed by atoms with Crippen molar-refractivity contribution in [1.82, 2.24) is 14.9 Å². The Kier molecular flexibility index (Phi) is 4.20. The van der Waals surface area contributed by atoms with Gasteiger partial charge in [0.1, 0.15) is 11.6 Å². The highest BCUT2D eigenvalue weighted by Crippen LogP contribution is 2.27. The standard InChI is InChI=1S/C24H18FN3O2/c1-14-7-9-18-21(11-14)28-22(26-19-13-16(25)8-10-17(19)24(28)30)20(27-23(18)29)12-15-5-3-2-4-6-15/h2-11,13,20H,12H2,1H3,(H,27,29). The van der Waals surface area contributed by atoms with E-state index in [2.05, 4.69) is 10.3 Å². The molecule has 0 aliphatic carbocycles. The van der Waals surface area contributed by atoms with Crippen molar-refractivity contribution in [2.24, 2.45) is 0 Å². The molecule has 0 bridgehead atoms. The molecule has 148 valence electrons. The normalized spacial score (nSPS) is 15.3. The Bertz CT molecular complexity index is 1360. The van der Waals surface area contributed by atoms with Crippen LogP contribution < -0.4 is 10.9 Å². The van der Waals surface area contributed by atoms with Gasteiger partial charge in [-0.25, -0.2) is 9.37 Å². The first-order chi connectivity index (χ1) is 14.5. The molecule has 5 nitrogen and oxygen atoms in total. The number of carbonyl (C=O) groups excluding carboxylic acids is 1. The number of hydrogen-bond acceptors (Lipinski definition) is 3. The summed E-state index contributed by atoms with van der Waals surface area (Å²) in [6.07, 6.45) is 0.451. The van der Waals surface area contributed by atoms with Crippen molar-refractivity contribution in [1.29, 1.82) is 0 Å². The predicted molar refractivity (Wildman–Crippen MR) is 112 cm³/mol. The van der Waals surface area contributed by atoms with Crippen LogP contribution in [0.5, 0.6) is 0 Å². The molecular formula is C24H18FN3O2. The van der Waals surface area contributed by atoms with Gasteiger partial charge in [0.15, 0.2) is 0 Å². The van der Waals surface area contributed by atoms with Crippen LogP contribution in [-0.4, -0.2) is 15.5 Å². The van der Waals surface area contributed by atoms with Gasteiger partial charge >= 0.3 is 0 Å². The van der Waals surface area contributed by atoms with Crippen molar-refractivity contribution in [2.45, 2.75) is 19.4 Å². The lowest BCUT2D eigenvalue weighted by Gasteiger charge is -2.19. The minimum Gasteiger partial charge on any atom is -0.342 e. The number of hydrogen-bond donors (Lipinski definition) is 1. The largest absolute Gasteiger partial charge is 0.342 e. The number of carbonyl (C=O) groups is 1. The van der Waals surface area contributed by atoms with E-state index >= 15 is 0 Å². The van der Waals surface area contributed by atoms with Crippen molar-refractivity contribution in [2.75, 3.05) is 0 Å². The Morgan fingerprint density at radius 2 is 1.83 bits per heavy atom. The number of halogens is 1. The van der Waals surface area contributed by atoms with E-state index in [0.29, 0.717) is 28.9 Å². The van der Waals surface area contributed by atoms with E-state index in [-0.39, 0.29) is 17.0 Å². The number of amides is 1. The molecule has 4 aromatic rings. The number of benzene rings is 3. The van der Waals surface area contributed by atoms with Gasteiger partial charge in [-0.3, -0.25) is 14.2 Å². The van der Waals surface area contributed by atoms with Crippen LogP contribution in [-0.2, 0) is 6.42 Å². The summed E-state index contributed by atoms with van der Waals surface area (Å²) in [5, 5.41) is 3.32. The van der Waals surface area contributed by atoms with Crippen LogP contribution in [0.15, 0.2) is 71.5 Å². The maximum atomic E-state index is 13.9. The van der Waals surface area contributed by atoms with E-state index in [0.717, 1.165) is 11.1 Å². The van der Waals surface area contributed by atoms with Gasteiger partial charge in [0, 0.05) is 6.07 Å². The number of nitrogens with one attached hydrogen (secondary N) is 1. The lowest BCUT2D eigenvalue weighted by atomic mass is 10.0. The van der Waals surface area contributed by atoms with Gasteiger partial charge in [0.05, 0.1) is 28.2 Å². The van der Waals surface area contributed by atoms with Crippen molar-refractivity contribution < 1.29 is 9.18 Å². The molecule has 6 heteroatoms. The Balaban J connectivity index is 1.83. The molecule has 1 atom stereocenters. The topological polar surface area (TPSA) is 64.0 Å². The van der Waals surface area contributed by atoms with E-state index in [9.17, 15) is 14.0 Å². The predicted octanol–water partition coefficient (Wildman–Crippen LogP) is 3.86. The molecule has 2 heterocycles.